The number of nitrogens with one attached hydrogen (secondary N) is 1. The number of carboxylic acid groups (broad SMARTS) is 5. The molecule has 0 aliphatic carbocycles. The summed E-state index contributed by atoms with van der Waals surface area (Å²) in [7, 11) is 0. The van der Waals surface area contributed by atoms with Crippen LogP contribution in [0.25, 0.3) is 0 Å². The minimum Gasteiger partial charge on any atom is -0.480 e. The predicted octanol–water partition coefficient (Wildman–Crippen LogP) is 0.527. The Bertz CT molecular complexity index is 983. The van der Waals surface area contributed by atoms with Crippen LogP contribution in [-0.4, -0.2) is 134 Å². The van der Waals surface area contributed by atoms with Crippen molar-refractivity contribution >= 4 is 35.5 Å². The molecular weight excluding hydrogens is 528 g/mol. The first kappa shape index (κ1) is 34.3. The fourth-order valence-electron chi connectivity index (χ4n) is 4.05. The summed E-state index contributed by atoms with van der Waals surface area (Å²) in [4.78, 5) is 60.8. The van der Waals surface area contributed by atoms with E-state index in [1.54, 1.807) is 0 Å². The largest absolute Gasteiger partial charge is 0.480 e. The van der Waals surface area contributed by atoms with Crippen molar-refractivity contribution in [2.45, 2.75) is 45.2 Å². The third kappa shape index (κ3) is 14.4. The van der Waals surface area contributed by atoms with E-state index in [0.29, 0.717) is 0 Å². The molecule has 40 heavy (non-hydrogen) atoms. The van der Waals surface area contributed by atoms with Crippen molar-refractivity contribution in [1.82, 2.24) is 14.7 Å². The van der Waals surface area contributed by atoms with Crippen molar-refractivity contribution in [3.8, 4) is 0 Å². The molecule has 1 atom stereocenters. The van der Waals surface area contributed by atoms with E-state index in [9.17, 15) is 39.3 Å². The molecule has 0 heterocycles. The molecule has 0 radical (unpaired) electrons. The summed E-state index contributed by atoms with van der Waals surface area (Å²) in [5.74, 6) is -6.23. The molecule has 0 fully saturated rings. The second kappa shape index (κ2) is 16.4. The summed E-state index contributed by atoms with van der Waals surface area (Å²) in [6.07, 6.45) is 1.08. The molecule has 0 bridgehead atoms. The number of carboxylic acids is 5. The van der Waals surface area contributed by atoms with Crippen molar-refractivity contribution in [2.75, 3.05) is 57.7 Å². The van der Waals surface area contributed by atoms with E-state index in [0.717, 1.165) is 22.6 Å². The second-order valence-electron chi connectivity index (χ2n) is 10.2. The molecule has 0 saturated heterocycles. The van der Waals surface area contributed by atoms with E-state index in [-0.39, 0.29) is 31.6 Å². The molecule has 1 unspecified atom stereocenters. The zero-order chi connectivity index (χ0) is 30.5. The summed E-state index contributed by atoms with van der Waals surface area (Å²) < 4.78 is 0. The highest BCUT2D eigenvalue weighted by atomic mass is 16.4. The summed E-state index contributed by atoms with van der Waals surface area (Å²) in [6, 6.07) is 6.61. The number of hydrogen-bond donors (Lipinski definition) is 6. The molecule has 14 heteroatoms. The fraction of sp³-hybridized carbons (Fsp3) is 0.577. The lowest BCUT2D eigenvalue weighted by atomic mass is 10.00. The molecule has 0 aliphatic heterocycles. The van der Waals surface area contributed by atoms with E-state index >= 15 is 0 Å². The highest BCUT2D eigenvalue weighted by Gasteiger charge is 2.27. The predicted molar refractivity (Wildman–Crippen MR) is 145 cm³/mol. The first-order valence-electron chi connectivity index (χ1n) is 12.7. The van der Waals surface area contributed by atoms with Gasteiger partial charge in [0.25, 0.3) is 0 Å². The molecular formula is C26H40N4O10. The highest BCUT2D eigenvalue weighted by molar-refractivity contribution is 5.73. The fourth-order valence-corrected chi connectivity index (χ4v) is 4.05. The van der Waals surface area contributed by atoms with Gasteiger partial charge in [0.1, 0.15) is 0 Å². The molecule has 0 aromatic heterocycles. The highest BCUT2D eigenvalue weighted by Crippen LogP contribution is 2.20. The molecule has 1 aromatic carbocycles. The number of aliphatic carboxylic acids is 5. The number of carbonyl (C=O) groups is 5. The second-order valence-corrected chi connectivity index (χ2v) is 10.2. The zero-order valence-corrected chi connectivity index (χ0v) is 23.1. The molecule has 0 aliphatic rings. The van der Waals surface area contributed by atoms with E-state index < -0.39 is 68.6 Å². The monoisotopic (exact) mass is 568 g/mol. The lowest BCUT2D eigenvalue weighted by Crippen LogP contribution is -2.51. The molecule has 1 rings (SSSR count). The number of rotatable bonds is 21. The van der Waals surface area contributed by atoms with Crippen LogP contribution in [0.5, 0.6) is 0 Å². The minimum absolute atomic E-state index is 0.0493. The van der Waals surface area contributed by atoms with Crippen molar-refractivity contribution in [1.29, 1.82) is 0 Å². The van der Waals surface area contributed by atoms with Crippen LogP contribution in [0.1, 0.15) is 32.8 Å². The maximum Gasteiger partial charge on any atom is 0.317 e. The Morgan fingerprint density at radius 2 is 1.15 bits per heavy atom. The molecule has 0 saturated carbocycles. The van der Waals surface area contributed by atoms with Gasteiger partial charge in [-0.15, -0.1) is 0 Å². The van der Waals surface area contributed by atoms with Crippen molar-refractivity contribution in [3.05, 3.63) is 29.8 Å². The first-order chi connectivity index (χ1) is 18.6. The molecule has 1 aromatic rings. The van der Waals surface area contributed by atoms with Crippen LogP contribution in [0.2, 0.25) is 0 Å². The molecule has 0 amide bonds. The molecule has 0 spiro atoms. The van der Waals surface area contributed by atoms with E-state index in [2.05, 4.69) is 26.1 Å². The first-order valence-corrected chi connectivity index (χ1v) is 12.7. The lowest BCUT2D eigenvalue weighted by molar-refractivity contribution is -0.144. The van der Waals surface area contributed by atoms with Crippen LogP contribution in [0, 0.1) is 0 Å². The topological polar surface area (TPSA) is 208 Å². The normalized spacial score (nSPS) is 12.4. The molecule has 6 N–H and O–H groups in total. The number of benzene rings is 1. The smallest absolute Gasteiger partial charge is 0.317 e. The van der Waals surface area contributed by atoms with Gasteiger partial charge in [0.05, 0.1) is 32.7 Å². The van der Waals surface area contributed by atoms with Crippen LogP contribution in [-0.2, 0) is 30.4 Å². The minimum atomic E-state index is -1.26. The third-order valence-electron chi connectivity index (χ3n) is 6.26. The maximum atomic E-state index is 11.6. The number of nitrogens with zero attached hydrogens (tertiary/aromatic N) is 3. The number of anilines is 1. The number of hydrogen-bond acceptors (Lipinski definition) is 9. The summed E-state index contributed by atoms with van der Waals surface area (Å²) in [6.45, 7) is 3.09. The van der Waals surface area contributed by atoms with Crippen LogP contribution >= 0.6 is 0 Å². The Morgan fingerprint density at radius 3 is 1.57 bits per heavy atom. The van der Waals surface area contributed by atoms with Crippen LogP contribution in [0.15, 0.2) is 24.3 Å². The Morgan fingerprint density at radius 1 is 0.725 bits per heavy atom. The van der Waals surface area contributed by atoms with Gasteiger partial charge in [0.15, 0.2) is 0 Å². The van der Waals surface area contributed by atoms with Gasteiger partial charge in [-0.2, -0.15) is 0 Å². The Hall–Kier alpha value is -3.75. The van der Waals surface area contributed by atoms with Gasteiger partial charge in [-0.25, -0.2) is 0 Å². The van der Waals surface area contributed by atoms with Crippen molar-refractivity contribution in [3.63, 3.8) is 0 Å². The van der Waals surface area contributed by atoms with Crippen LogP contribution < -0.4 is 5.32 Å². The standard InChI is InChI=1S/C26H40N4O10/c1-4-26(2,3)27-19-7-5-18(6-8-19)11-20(30(16-24(37)38)17-25(39)40)12-28(13-21(31)32)9-10-29(14-22(33)34)15-23(35)36/h5-8,20,27H,4,9-17H2,1-3H3,(H,31,32)(H,33,34)(H,35,36)(H,37,38)(H,39,40). The van der Waals surface area contributed by atoms with Gasteiger partial charge in [-0.05, 0) is 44.4 Å². The van der Waals surface area contributed by atoms with Gasteiger partial charge in [-0.1, -0.05) is 19.1 Å². The molecule has 224 valence electrons. The molecule has 14 nitrogen and oxygen atoms in total. The quantitative estimate of drug-likeness (QED) is 0.120. The third-order valence-corrected chi connectivity index (χ3v) is 6.26. The average molecular weight is 569 g/mol. The van der Waals surface area contributed by atoms with Gasteiger partial charge >= 0.3 is 29.8 Å². The van der Waals surface area contributed by atoms with Gasteiger partial charge in [-0.3, -0.25) is 38.7 Å². The van der Waals surface area contributed by atoms with E-state index in [1.807, 2.05) is 24.3 Å². The maximum absolute atomic E-state index is 11.6. The van der Waals surface area contributed by atoms with E-state index in [1.165, 1.54) is 9.80 Å². The Balaban J connectivity index is 3.25. The van der Waals surface area contributed by atoms with Gasteiger partial charge in [0.2, 0.25) is 0 Å². The van der Waals surface area contributed by atoms with E-state index in [4.69, 9.17) is 10.2 Å². The summed E-state index contributed by atoms with van der Waals surface area (Å²) in [5.41, 5.74) is 1.49. The summed E-state index contributed by atoms with van der Waals surface area (Å²) >= 11 is 0. The lowest BCUT2D eigenvalue weighted by Gasteiger charge is -2.34. The average Bonchev–Trinajstić information content (AvgIpc) is 2.81. The van der Waals surface area contributed by atoms with Crippen LogP contribution in [0.3, 0.4) is 0 Å². The van der Waals surface area contributed by atoms with Crippen molar-refractivity contribution in [2.24, 2.45) is 0 Å². The van der Waals surface area contributed by atoms with Gasteiger partial charge in [0, 0.05) is 36.9 Å². The SMILES string of the molecule is CCC(C)(C)Nc1ccc(CC(CN(CCN(CC(=O)O)CC(=O)O)CC(=O)O)N(CC(=O)O)CC(=O)O)cc1. The zero-order valence-electron chi connectivity index (χ0n) is 23.1. The summed E-state index contributed by atoms with van der Waals surface area (Å²) in [5, 5.41) is 49.9. The van der Waals surface area contributed by atoms with Gasteiger partial charge < -0.3 is 30.8 Å². The Labute approximate surface area is 232 Å². The Kier molecular flexibility index (Phi) is 14.0. The van der Waals surface area contributed by atoms with Crippen molar-refractivity contribution < 1.29 is 49.5 Å². The van der Waals surface area contributed by atoms with Crippen LogP contribution in [0.4, 0.5) is 5.69 Å².